The summed E-state index contributed by atoms with van der Waals surface area (Å²) in [6.07, 6.45) is 0.667. The Hall–Kier alpha value is -4.14. The largest absolute Gasteiger partial charge is 0.493 e. The molecule has 3 heterocycles. The van der Waals surface area contributed by atoms with E-state index in [4.69, 9.17) is 24.2 Å². The van der Waals surface area contributed by atoms with Crippen molar-refractivity contribution in [2.24, 2.45) is 0 Å². The topological polar surface area (TPSA) is 108 Å². The van der Waals surface area contributed by atoms with Crippen LogP contribution in [0, 0.1) is 0 Å². The second-order valence-electron chi connectivity index (χ2n) is 7.26. The first-order valence-electron chi connectivity index (χ1n) is 10.1. The van der Waals surface area contributed by atoms with Gasteiger partial charge >= 0.3 is 5.97 Å². The molecule has 1 N–H and O–H groups in total. The summed E-state index contributed by atoms with van der Waals surface area (Å²) in [7, 11) is 3.02. The molecular weight excluding hydrogens is 412 g/mol. The maximum absolute atomic E-state index is 13.0. The van der Waals surface area contributed by atoms with E-state index < -0.39 is 5.97 Å². The van der Waals surface area contributed by atoms with Gasteiger partial charge in [0.25, 0.3) is 5.56 Å². The van der Waals surface area contributed by atoms with Crippen molar-refractivity contribution >= 4 is 44.7 Å². The molecular formula is C23H20N4O5. The zero-order valence-corrected chi connectivity index (χ0v) is 17.8. The Bertz CT molecular complexity index is 1580. The lowest BCUT2D eigenvalue weighted by Gasteiger charge is -2.10. The SMILES string of the molecule is CCCOC(=O)c1c2nc3ccccc3nc2n2c1[nH]c(=O)c1cc(OC)c(OC)cc12. The van der Waals surface area contributed by atoms with Gasteiger partial charge in [0.05, 0.1) is 42.8 Å². The van der Waals surface area contributed by atoms with Crippen molar-refractivity contribution in [3.8, 4) is 11.5 Å². The van der Waals surface area contributed by atoms with Crippen LogP contribution in [0.1, 0.15) is 23.7 Å². The van der Waals surface area contributed by atoms with E-state index in [1.54, 1.807) is 16.5 Å². The van der Waals surface area contributed by atoms with Gasteiger partial charge in [-0.05, 0) is 24.6 Å². The summed E-state index contributed by atoms with van der Waals surface area (Å²) in [5.74, 6) is 0.289. The van der Waals surface area contributed by atoms with Crippen LogP contribution in [0.5, 0.6) is 11.5 Å². The van der Waals surface area contributed by atoms with E-state index in [2.05, 4.69) is 4.98 Å². The molecule has 162 valence electrons. The predicted octanol–water partition coefficient (Wildman–Crippen LogP) is 3.46. The van der Waals surface area contributed by atoms with E-state index in [1.807, 2.05) is 31.2 Å². The molecule has 9 nitrogen and oxygen atoms in total. The minimum Gasteiger partial charge on any atom is -0.493 e. The van der Waals surface area contributed by atoms with Crippen molar-refractivity contribution in [1.82, 2.24) is 19.4 Å². The minimum atomic E-state index is -0.570. The number of fused-ring (bicyclic) bond motifs is 6. The average Bonchev–Trinajstić information content (AvgIpc) is 3.13. The number of ether oxygens (including phenoxy) is 3. The van der Waals surface area contributed by atoms with E-state index in [1.165, 1.54) is 14.2 Å². The van der Waals surface area contributed by atoms with Crippen LogP contribution < -0.4 is 15.0 Å². The summed E-state index contributed by atoms with van der Waals surface area (Å²) in [6, 6.07) is 10.7. The summed E-state index contributed by atoms with van der Waals surface area (Å²) in [6.45, 7) is 2.16. The van der Waals surface area contributed by atoms with Gasteiger partial charge in [-0.3, -0.25) is 9.20 Å². The zero-order valence-electron chi connectivity index (χ0n) is 17.8. The van der Waals surface area contributed by atoms with Crippen LogP contribution in [-0.2, 0) is 4.74 Å². The maximum atomic E-state index is 13.0. The van der Waals surface area contributed by atoms with Crippen LogP contribution in [0.2, 0.25) is 0 Å². The molecule has 3 aromatic heterocycles. The van der Waals surface area contributed by atoms with Crippen LogP contribution in [0.25, 0.3) is 38.7 Å². The van der Waals surface area contributed by atoms with E-state index in [9.17, 15) is 9.59 Å². The van der Waals surface area contributed by atoms with E-state index in [0.29, 0.717) is 51.0 Å². The number of esters is 1. The number of hydrogen-bond acceptors (Lipinski definition) is 7. The highest BCUT2D eigenvalue weighted by Gasteiger charge is 2.26. The molecule has 0 fully saturated rings. The molecule has 0 atom stereocenters. The summed E-state index contributed by atoms with van der Waals surface area (Å²) < 4.78 is 17.9. The van der Waals surface area contributed by atoms with Crippen molar-refractivity contribution in [2.45, 2.75) is 13.3 Å². The molecule has 0 aliphatic rings. The number of carbonyl (C=O) groups is 1. The molecule has 0 bridgehead atoms. The Labute approximate surface area is 181 Å². The first-order valence-corrected chi connectivity index (χ1v) is 10.1. The van der Waals surface area contributed by atoms with Gasteiger partial charge in [0.15, 0.2) is 17.1 Å². The summed E-state index contributed by atoms with van der Waals surface area (Å²) in [5, 5.41) is 0.357. The van der Waals surface area contributed by atoms with Crippen molar-refractivity contribution in [3.63, 3.8) is 0 Å². The smallest absolute Gasteiger partial charge is 0.344 e. The quantitative estimate of drug-likeness (QED) is 0.424. The molecule has 0 radical (unpaired) electrons. The van der Waals surface area contributed by atoms with Crippen LogP contribution in [-0.4, -0.2) is 46.1 Å². The molecule has 0 aliphatic heterocycles. The van der Waals surface area contributed by atoms with Gasteiger partial charge in [0.1, 0.15) is 16.7 Å². The van der Waals surface area contributed by atoms with Crippen molar-refractivity contribution in [2.75, 3.05) is 20.8 Å². The van der Waals surface area contributed by atoms with Crippen molar-refractivity contribution < 1.29 is 19.0 Å². The van der Waals surface area contributed by atoms with Crippen LogP contribution in [0.4, 0.5) is 0 Å². The fourth-order valence-electron chi connectivity index (χ4n) is 3.87. The first kappa shape index (κ1) is 19.8. The second-order valence-corrected chi connectivity index (χ2v) is 7.26. The Kier molecular flexibility index (Phi) is 4.66. The number of para-hydroxylation sites is 2. The Morgan fingerprint density at radius 1 is 1.06 bits per heavy atom. The lowest BCUT2D eigenvalue weighted by molar-refractivity contribution is 0.0509. The fourth-order valence-corrected chi connectivity index (χ4v) is 3.87. The number of H-pyrrole nitrogens is 1. The molecule has 0 saturated carbocycles. The first-order chi connectivity index (χ1) is 15.6. The minimum absolute atomic E-state index is 0.167. The highest BCUT2D eigenvalue weighted by molar-refractivity contribution is 6.11. The lowest BCUT2D eigenvalue weighted by Crippen LogP contribution is -2.13. The molecule has 0 spiro atoms. The molecule has 0 amide bonds. The fraction of sp³-hybridized carbons (Fsp3) is 0.217. The van der Waals surface area contributed by atoms with Crippen LogP contribution in [0.15, 0.2) is 41.2 Å². The molecule has 5 rings (SSSR count). The third kappa shape index (κ3) is 2.85. The van der Waals surface area contributed by atoms with Crippen molar-refractivity contribution in [1.29, 1.82) is 0 Å². The van der Waals surface area contributed by atoms with E-state index >= 15 is 0 Å². The molecule has 9 heteroatoms. The third-order valence-corrected chi connectivity index (χ3v) is 5.32. The van der Waals surface area contributed by atoms with Crippen LogP contribution >= 0.6 is 0 Å². The second kappa shape index (κ2) is 7.52. The van der Waals surface area contributed by atoms with Gasteiger partial charge in [-0.15, -0.1) is 0 Å². The number of rotatable bonds is 5. The highest BCUT2D eigenvalue weighted by atomic mass is 16.5. The van der Waals surface area contributed by atoms with E-state index in [0.717, 1.165) is 0 Å². The van der Waals surface area contributed by atoms with Crippen LogP contribution in [0.3, 0.4) is 0 Å². The van der Waals surface area contributed by atoms with Gasteiger partial charge in [-0.1, -0.05) is 19.1 Å². The Morgan fingerprint density at radius 3 is 2.44 bits per heavy atom. The van der Waals surface area contributed by atoms with Gasteiger partial charge in [-0.2, -0.15) is 0 Å². The van der Waals surface area contributed by atoms with E-state index in [-0.39, 0.29) is 23.4 Å². The molecule has 0 saturated heterocycles. The highest BCUT2D eigenvalue weighted by Crippen LogP contribution is 2.34. The van der Waals surface area contributed by atoms with Gasteiger partial charge in [0.2, 0.25) is 0 Å². The zero-order chi connectivity index (χ0) is 22.4. The normalized spacial score (nSPS) is 11.5. The molecule has 5 aromatic rings. The summed E-state index contributed by atoms with van der Waals surface area (Å²) >= 11 is 0. The number of aromatic nitrogens is 4. The Morgan fingerprint density at radius 2 is 1.75 bits per heavy atom. The number of benzene rings is 2. The number of hydrogen-bond donors (Lipinski definition) is 1. The monoisotopic (exact) mass is 432 g/mol. The maximum Gasteiger partial charge on any atom is 0.344 e. The number of methoxy groups -OCH3 is 2. The molecule has 0 unspecified atom stereocenters. The summed E-state index contributed by atoms with van der Waals surface area (Å²) in [4.78, 5) is 38.3. The van der Waals surface area contributed by atoms with Gasteiger partial charge in [0, 0.05) is 6.07 Å². The Balaban J connectivity index is 2.00. The lowest BCUT2D eigenvalue weighted by atomic mass is 10.2. The molecule has 0 aliphatic carbocycles. The number of nitrogens with zero attached hydrogens (tertiary/aromatic N) is 3. The average molecular weight is 432 g/mol. The number of nitrogens with one attached hydrogen (secondary N) is 1. The third-order valence-electron chi connectivity index (χ3n) is 5.32. The van der Waals surface area contributed by atoms with Gasteiger partial charge < -0.3 is 19.2 Å². The van der Waals surface area contributed by atoms with Gasteiger partial charge in [-0.25, -0.2) is 14.8 Å². The molecule has 32 heavy (non-hydrogen) atoms. The number of aromatic amines is 1. The number of carbonyl (C=O) groups excluding carboxylic acids is 1. The summed E-state index contributed by atoms with van der Waals surface area (Å²) in [5.41, 5.74) is 2.62. The van der Waals surface area contributed by atoms with Crippen molar-refractivity contribution in [3.05, 3.63) is 52.3 Å². The standard InChI is InChI=1S/C23H20N4O5/c1-4-9-32-23(29)18-19-21(25-14-8-6-5-7-13(14)24-19)27-15-11-17(31-3)16(30-2)10-12(15)22(28)26-20(18)27/h5-8,10-11H,4,9H2,1-3H3,(H,26,28). The molecule has 2 aromatic carbocycles. The predicted molar refractivity (Wildman–Crippen MR) is 120 cm³/mol.